The lowest BCUT2D eigenvalue weighted by atomic mass is 10.1. The van der Waals surface area contributed by atoms with Gasteiger partial charge >= 0.3 is 0 Å². The zero-order valence-electron chi connectivity index (χ0n) is 9.27. The van der Waals surface area contributed by atoms with Crippen LogP contribution in [0, 0.1) is 12.7 Å². The zero-order chi connectivity index (χ0) is 12.4. The molecule has 0 spiro atoms. The van der Waals surface area contributed by atoms with Gasteiger partial charge in [0.05, 0.1) is 16.7 Å². The first kappa shape index (κ1) is 12.3. The Hall–Kier alpha value is -1.20. The van der Waals surface area contributed by atoms with Crippen LogP contribution in [0.5, 0.6) is 0 Å². The van der Waals surface area contributed by atoms with Gasteiger partial charge in [-0.1, -0.05) is 18.2 Å². The predicted octanol–water partition coefficient (Wildman–Crippen LogP) is 2.83. The summed E-state index contributed by atoms with van der Waals surface area (Å²) in [5.41, 5.74) is 1.13. The molecule has 3 nitrogen and oxygen atoms in total. The molecule has 2 aromatic rings. The number of benzene rings is 1. The standard InChI is InChI=1S/C12H12BrFN2O/c1-8-10(13)6-16(15-8)7-12(17)9-4-2-3-5-11(9)14/h2-6,12,17H,7H2,1H3. The van der Waals surface area contributed by atoms with Gasteiger partial charge in [-0.2, -0.15) is 5.10 Å². The van der Waals surface area contributed by atoms with Crippen molar-refractivity contribution in [2.24, 2.45) is 0 Å². The van der Waals surface area contributed by atoms with Crippen molar-refractivity contribution in [3.05, 3.63) is 52.0 Å². The van der Waals surface area contributed by atoms with Crippen LogP contribution in [0.25, 0.3) is 0 Å². The smallest absolute Gasteiger partial charge is 0.129 e. The van der Waals surface area contributed by atoms with E-state index in [1.165, 1.54) is 6.07 Å². The maximum Gasteiger partial charge on any atom is 0.129 e. The van der Waals surface area contributed by atoms with E-state index in [1.54, 1.807) is 29.1 Å². The minimum atomic E-state index is -0.901. The van der Waals surface area contributed by atoms with Crippen molar-refractivity contribution in [3.63, 3.8) is 0 Å². The Balaban J connectivity index is 2.17. The largest absolute Gasteiger partial charge is 0.386 e. The Kier molecular flexibility index (Phi) is 3.59. The molecule has 1 unspecified atom stereocenters. The van der Waals surface area contributed by atoms with Gasteiger partial charge in [-0.15, -0.1) is 0 Å². The van der Waals surface area contributed by atoms with Crippen LogP contribution in [0.4, 0.5) is 4.39 Å². The number of nitrogens with zero attached hydrogens (tertiary/aromatic N) is 2. The molecule has 1 aromatic heterocycles. The molecule has 1 atom stereocenters. The van der Waals surface area contributed by atoms with Gasteiger partial charge in [0.25, 0.3) is 0 Å². The van der Waals surface area contributed by atoms with E-state index in [9.17, 15) is 9.50 Å². The average Bonchev–Trinajstić information content (AvgIpc) is 2.58. The fourth-order valence-electron chi connectivity index (χ4n) is 1.61. The number of aliphatic hydroxyl groups excluding tert-OH is 1. The molecule has 0 fully saturated rings. The number of rotatable bonds is 3. The highest BCUT2D eigenvalue weighted by atomic mass is 79.9. The molecule has 0 radical (unpaired) electrons. The third-order valence-corrected chi connectivity index (χ3v) is 3.29. The van der Waals surface area contributed by atoms with E-state index in [-0.39, 0.29) is 12.1 Å². The van der Waals surface area contributed by atoms with E-state index in [0.29, 0.717) is 0 Å². The van der Waals surface area contributed by atoms with Gasteiger partial charge in [-0.25, -0.2) is 4.39 Å². The maximum absolute atomic E-state index is 13.4. The third kappa shape index (κ3) is 2.73. The fourth-order valence-corrected chi connectivity index (χ4v) is 1.92. The quantitative estimate of drug-likeness (QED) is 0.946. The van der Waals surface area contributed by atoms with E-state index < -0.39 is 11.9 Å². The number of hydrogen-bond acceptors (Lipinski definition) is 2. The number of aryl methyl sites for hydroxylation is 1. The molecule has 90 valence electrons. The van der Waals surface area contributed by atoms with Gasteiger partial charge in [0.1, 0.15) is 11.9 Å². The van der Waals surface area contributed by atoms with Gasteiger partial charge in [0, 0.05) is 11.8 Å². The van der Waals surface area contributed by atoms with Crippen molar-refractivity contribution >= 4 is 15.9 Å². The SMILES string of the molecule is Cc1nn(CC(O)c2ccccc2F)cc1Br. The molecule has 0 bridgehead atoms. The summed E-state index contributed by atoms with van der Waals surface area (Å²) in [5.74, 6) is -0.400. The van der Waals surface area contributed by atoms with E-state index in [2.05, 4.69) is 21.0 Å². The van der Waals surface area contributed by atoms with Crippen LogP contribution < -0.4 is 0 Å². The van der Waals surface area contributed by atoms with Crippen molar-refractivity contribution in [2.75, 3.05) is 0 Å². The number of hydrogen-bond donors (Lipinski definition) is 1. The molecule has 0 aliphatic carbocycles. The molecule has 17 heavy (non-hydrogen) atoms. The van der Waals surface area contributed by atoms with E-state index in [0.717, 1.165) is 10.2 Å². The summed E-state index contributed by atoms with van der Waals surface area (Å²) in [6.07, 6.45) is 0.863. The summed E-state index contributed by atoms with van der Waals surface area (Å²) in [5, 5.41) is 14.1. The first-order valence-electron chi connectivity index (χ1n) is 5.20. The molecule has 0 aliphatic rings. The van der Waals surface area contributed by atoms with E-state index in [4.69, 9.17) is 0 Å². The van der Waals surface area contributed by atoms with Gasteiger partial charge < -0.3 is 5.11 Å². The number of aliphatic hydroxyl groups is 1. The Morgan fingerprint density at radius 1 is 1.47 bits per heavy atom. The first-order chi connectivity index (χ1) is 8.08. The van der Waals surface area contributed by atoms with Crippen LogP contribution in [0.2, 0.25) is 0 Å². The van der Waals surface area contributed by atoms with Gasteiger partial charge in [-0.05, 0) is 28.9 Å². The van der Waals surface area contributed by atoms with Crippen molar-refractivity contribution in [2.45, 2.75) is 19.6 Å². The molecular weight excluding hydrogens is 287 g/mol. The summed E-state index contributed by atoms with van der Waals surface area (Å²) in [6.45, 7) is 2.09. The zero-order valence-corrected chi connectivity index (χ0v) is 10.9. The molecule has 1 aromatic carbocycles. The van der Waals surface area contributed by atoms with Gasteiger partial charge in [0.15, 0.2) is 0 Å². The first-order valence-corrected chi connectivity index (χ1v) is 5.99. The number of aromatic nitrogens is 2. The Labute approximate surface area is 107 Å². The van der Waals surface area contributed by atoms with Crippen LogP contribution in [-0.4, -0.2) is 14.9 Å². The highest BCUT2D eigenvalue weighted by Gasteiger charge is 2.13. The molecular formula is C12H12BrFN2O. The highest BCUT2D eigenvalue weighted by Crippen LogP contribution is 2.20. The van der Waals surface area contributed by atoms with Gasteiger partial charge in [0.2, 0.25) is 0 Å². The molecule has 0 amide bonds. The summed E-state index contributed by atoms with van der Waals surface area (Å²) < 4.78 is 15.9. The topological polar surface area (TPSA) is 38.0 Å². The summed E-state index contributed by atoms with van der Waals surface area (Å²) in [7, 11) is 0. The second-order valence-electron chi connectivity index (χ2n) is 3.82. The van der Waals surface area contributed by atoms with E-state index >= 15 is 0 Å². The van der Waals surface area contributed by atoms with E-state index in [1.807, 2.05) is 6.92 Å². The van der Waals surface area contributed by atoms with Crippen molar-refractivity contribution in [3.8, 4) is 0 Å². The van der Waals surface area contributed by atoms with Crippen LogP contribution >= 0.6 is 15.9 Å². The van der Waals surface area contributed by atoms with Crippen molar-refractivity contribution in [1.29, 1.82) is 0 Å². The normalized spacial score (nSPS) is 12.7. The minimum absolute atomic E-state index is 0.230. The monoisotopic (exact) mass is 298 g/mol. The Morgan fingerprint density at radius 2 is 2.18 bits per heavy atom. The summed E-state index contributed by atoms with van der Waals surface area (Å²) >= 11 is 3.34. The molecule has 1 heterocycles. The minimum Gasteiger partial charge on any atom is -0.386 e. The van der Waals surface area contributed by atoms with Crippen LogP contribution in [0.15, 0.2) is 34.9 Å². The second-order valence-corrected chi connectivity index (χ2v) is 4.68. The lowest BCUT2D eigenvalue weighted by Crippen LogP contribution is -2.10. The molecule has 1 N–H and O–H groups in total. The molecule has 2 rings (SSSR count). The van der Waals surface area contributed by atoms with Crippen molar-refractivity contribution in [1.82, 2.24) is 9.78 Å². The molecule has 0 saturated heterocycles. The predicted molar refractivity (Wildman–Crippen MR) is 66.0 cm³/mol. The third-order valence-electron chi connectivity index (χ3n) is 2.51. The van der Waals surface area contributed by atoms with Crippen LogP contribution in [0.3, 0.4) is 0 Å². The number of halogens is 2. The molecule has 0 saturated carbocycles. The maximum atomic E-state index is 13.4. The Morgan fingerprint density at radius 3 is 2.76 bits per heavy atom. The molecule has 5 heteroatoms. The average molecular weight is 299 g/mol. The van der Waals surface area contributed by atoms with Crippen molar-refractivity contribution < 1.29 is 9.50 Å². The highest BCUT2D eigenvalue weighted by molar-refractivity contribution is 9.10. The lowest BCUT2D eigenvalue weighted by molar-refractivity contribution is 0.147. The fraction of sp³-hybridized carbons (Fsp3) is 0.250. The second kappa shape index (κ2) is 4.98. The van der Waals surface area contributed by atoms with Crippen LogP contribution in [0.1, 0.15) is 17.4 Å². The summed E-state index contributed by atoms with van der Waals surface area (Å²) in [6, 6.07) is 6.21. The molecule has 0 aliphatic heterocycles. The van der Waals surface area contributed by atoms with Gasteiger partial charge in [-0.3, -0.25) is 4.68 Å². The summed E-state index contributed by atoms with van der Waals surface area (Å²) in [4.78, 5) is 0. The lowest BCUT2D eigenvalue weighted by Gasteiger charge is -2.11. The van der Waals surface area contributed by atoms with Crippen LogP contribution in [-0.2, 0) is 6.54 Å². The Bertz CT molecular complexity index is 507.